The Morgan fingerprint density at radius 3 is 2.82 bits per heavy atom. The van der Waals surface area contributed by atoms with Crippen molar-refractivity contribution >= 4 is 39.6 Å². The monoisotopic (exact) mass is 395 g/mol. The first-order chi connectivity index (χ1) is 13.4. The molecule has 1 aromatic heterocycles. The number of amides is 1. The molecule has 0 spiro atoms. The molecule has 3 aromatic rings. The second-order valence-corrected chi connectivity index (χ2v) is 7.83. The molecule has 0 fully saturated rings. The highest BCUT2D eigenvalue weighted by Crippen LogP contribution is 2.37. The molecule has 0 radical (unpaired) electrons. The Morgan fingerprint density at radius 2 is 2.04 bits per heavy atom. The molecule has 0 saturated heterocycles. The van der Waals surface area contributed by atoms with E-state index in [1.165, 1.54) is 30.1 Å². The number of benzene rings is 2. The maximum absolute atomic E-state index is 14.5. The summed E-state index contributed by atoms with van der Waals surface area (Å²) in [5.74, 6) is -0.0354. The summed E-state index contributed by atoms with van der Waals surface area (Å²) in [5, 5.41) is 3.20. The number of fused-ring (bicyclic) bond motifs is 1. The number of nitrogens with zero attached hydrogens (tertiary/aromatic N) is 3. The van der Waals surface area contributed by atoms with Gasteiger partial charge >= 0.3 is 0 Å². The summed E-state index contributed by atoms with van der Waals surface area (Å²) in [5.41, 5.74) is 7.47. The minimum atomic E-state index is -0.761. The SMILES string of the molecule is C[C@@]1(c2cc(NC(=O)c3cnc4ccccc4n3)ccc2F)CCSC(N)=N1. The fourth-order valence-electron chi connectivity index (χ4n) is 3.16. The number of aliphatic imine (C=N–C) groups is 1. The number of anilines is 1. The van der Waals surface area contributed by atoms with Gasteiger partial charge in [-0.2, -0.15) is 0 Å². The minimum Gasteiger partial charge on any atom is -0.379 e. The van der Waals surface area contributed by atoms with Gasteiger partial charge in [0.25, 0.3) is 5.91 Å². The third kappa shape index (κ3) is 3.55. The second-order valence-electron chi connectivity index (χ2n) is 6.72. The highest BCUT2D eigenvalue weighted by Gasteiger charge is 2.32. The van der Waals surface area contributed by atoms with Crippen LogP contribution in [-0.4, -0.2) is 26.8 Å². The highest BCUT2D eigenvalue weighted by atomic mass is 32.2. The molecule has 1 aliphatic heterocycles. The summed E-state index contributed by atoms with van der Waals surface area (Å²) in [6, 6.07) is 11.8. The van der Waals surface area contributed by atoms with Crippen LogP contribution >= 0.6 is 11.8 Å². The van der Waals surface area contributed by atoms with E-state index in [9.17, 15) is 9.18 Å². The number of nitrogens with one attached hydrogen (secondary N) is 1. The number of carbonyl (C=O) groups is 1. The van der Waals surface area contributed by atoms with Crippen molar-refractivity contribution in [1.82, 2.24) is 9.97 Å². The van der Waals surface area contributed by atoms with E-state index in [2.05, 4.69) is 20.3 Å². The first-order valence-electron chi connectivity index (χ1n) is 8.76. The molecule has 2 heterocycles. The summed E-state index contributed by atoms with van der Waals surface area (Å²) in [6.07, 6.45) is 2.08. The summed E-state index contributed by atoms with van der Waals surface area (Å²) < 4.78 is 14.5. The van der Waals surface area contributed by atoms with Gasteiger partial charge in [0, 0.05) is 17.0 Å². The largest absolute Gasteiger partial charge is 0.379 e. The zero-order valence-electron chi connectivity index (χ0n) is 15.1. The molecule has 2 aromatic carbocycles. The average Bonchev–Trinajstić information content (AvgIpc) is 2.68. The molecule has 0 saturated carbocycles. The molecular weight excluding hydrogens is 377 g/mol. The third-order valence-electron chi connectivity index (χ3n) is 4.68. The lowest BCUT2D eigenvalue weighted by atomic mass is 9.89. The smallest absolute Gasteiger partial charge is 0.275 e. The van der Waals surface area contributed by atoms with E-state index in [0.29, 0.717) is 33.9 Å². The fraction of sp³-hybridized carbons (Fsp3) is 0.200. The van der Waals surface area contributed by atoms with E-state index in [1.54, 1.807) is 12.1 Å². The van der Waals surface area contributed by atoms with Crippen molar-refractivity contribution in [2.75, 3.05) is 11.1 Å². The Morgan fingerprint density at radius 1 is 1.25 bits per heavy atom. The number of aromatic nitrogens is 2. The van der Waals surface area contributed by atoms with Gasteiger partial charge in [0.15, 0.2) is 5.17 Å². The van der Waals surface area contributed by atoms with Gasteiger partial charge < -0.3 is 11.1 Å². The van der Waals surface area contributed by atoms with Gasteiger partial charge in [-0.15, -0.1) is 0 Å². The average molecular weight is 395 g/mol. The van der Waals surface area contributed by atoms with Crippen molar-refractivity contribution in [1.29, 1.82) is 0 Å². The van der Waals surface area contributed by atoms with E-state index in [0.717, 1.165) is 5.75 Å². The number of rotatable bonds is 3. The molecule has 1 amide bonds. The van der Waals surface area contributed by atoms with Crippen molar-refractivity contribution in [3.63, 3.8) is 0 Å². The molecule has 142 valence electrons. The van der Waals surface area contributed by atoms with Crippen molar-refractivity contribution < 1.29 is 9.18 Å². The molecular formula is C20H18FN5OS. The molecule has 0 unspecified atom stereocenters. The number of amidine groups is 1. The van der Waals surface area contributed by atoms with Crippen molar-refractivity contribution in [3.05, 3.63) is 65.7 Å². The van der Waals surface area contributed by atoms with E-state index in [-0.39, 0.29) is 11.5 Å². The molecule has 28 heavy (non-hydrogen) atoms. The van der Waals surface area contributed by atoms with Crippen molar-refractivity contribution in [2.45, 2.75) is 18.9 Å². The van der Waals surface area contributed by atoms with Gasteiger partial charge in [-0.1, -0.05) is 23.9 Å². The van der Waals surface area contributed by atoms with Gasteiger partial charge in [0.1, 0.15) is 11.5 Å². The Balaban J connectivity index is 1.63. The Bertz CT molecular complexity index is 1100. The van der Waals surface area contributed by atoms with Crippen LogP contribution in [0, 0.1) is 5.82 Å². The Hall–Kier alpha value is -3.00. The van der Waals surface area contributed by atoms with Crippen LogP contribution in [0.3, 0.4) is 0 Å². The molecule has 0 aliphatic carbocycles. The third-order valence-corrected chi connectivity index (χ3v) is 5.48. The van der Waals surface area contributed by atoms with Crippen LogP contribution in [-0.2, 0) is 5.54 Å². The van der Waals surface area contributed by atoms with Gasteiger partial charge in [-0.05, 0) is 43.7 Å². The van der Waals surface area contributed by atoms with E-state index in [1.807, 2.05) is 25.1 Å². The zero-order valence-corrected chi connectivity index (χ0v) is 16.0. The van der Waals surface area contributed by atoms with E-state index in [4.69, 9.17) is 5.73 Å². The Kier molecular flexibility index (Phi) is 4.72. The van der Waals surface area contributed by atoms with Crippen molar-refractivity contribution in [3.8, 4) is 0 Å². The maximum Gasteiger partial charge on any atom is 0.275 e. The lowest BCUT2D eigenvalue weighted by Gasteiger charge is -2.30. The first-order valence-corrected chi connectivity index (χ1v) is 9.74. The zero-order chi connectivity index (χ0) is 19.7. The predicted molar refractivity (Wildman–Crippen MR) is 110 cm³/mol. The molecule has 1 aliphatic rings. The van der Waals surface area contributed by atoms with Crippen LogP contribution < -0.4 is 11.1 Å². The summed E-state index contributed by atoms with van der Waals surface area (Å²) in [7, 11) is 0. The van der Waals surface area contributed by atoms with Crippen LogP contribution in [0.2, 0.25) is 0 Å². The van der Waals surface area contributed by atoms with E-state index < -0.39 is 11.4 Å². The van der Waals surface area contributed by atoms with Crippen LogP contribution in [0.4, 0.5) is 10.1 Å². The Labute approximate surface area is 165 Å². The topological polar surface area (TPSA) is 93.3 Å². The second kappa shape index (κ2) is 7.20. The fourth-order valence-corrected chi connectivity index (χ4v) is 4.13. The van der Waals surface area contributed by atoms with Crippen LogP contribution in [0.15, 0.2) is 53.7 Å². The molecule has 3 N–H and O–H groups in total. The number of halogens is 1. The molecule has 6 nitrogen and oxygen atoms in total. The number of para-hydroxylation sites is 2. The molecule has 0 bridgehead atoms. The quantitative estimate of drug-likeness (QED) is 0.705. The molecule has 4 rings (SSSR count). The summed E-state index contributed by atoms with van der Waals surface area (Å²) in [6.45, 7) is 1.85. The number of carbonyl (C=O) groups excluding carboxylic acids is 1. The highest BCUT2D eigenvalue weighted by molar-refractivity contribution is 8.13. The molecule has 8 heteroatoms. The maximum atomic E-state index is 14.5. The lowest BCUT2D eigenvalue weighted by Crippen LogP contribution is -2.29. The minimum absolute atomic E-state index is 0.187. The van der Waals surface area contributed by atoms with Gasteiger partial charge in [0.05, 0.1) is 22.8 Å². The number of hydrogen-bond acceptors (Lipinski definition) is 6. The van der Waals surface area contributed by atoms with Crippen LogP contribution in [0.1, 0.15) is 29.4 Å². The van der Waals surface area contributed by atoms with Crippen LogP contribution in [0.5, 0.6) is 0 Å². The number of thioether (sulfide) groups is 1. The van der Waals surface area contributed by atoms with Gasteiger partial charge in [0.2, 0.25) is 0 Å². The van der Waals surface area contributed by atoms with E-state index >= 15 is 0 Å². The standard InChI is InChI=1S/C20H18FN5OS/c1-20(8-9-28-19(22)26-20)13-10-12(6-7-14(13)21)24-18(27)17-11-23-15-4-2-3-5-16(15)25-17/h2-7,10-11H,8-9H2,1H3,(H2,22,26)(H,24,27)/t20-/m0/s1. The van der Waals surface area contributed by atoms with Gasteiger partial charge in [-0.25, -0.2) is 9.37 Å². The van der Waals surface area contributed by atoms with Crippen LogP contribution in [0.25, 0.3) is 11.0 Å². The predicted octanol–water partition coefficient (Wildman–Crippen LogP) is 3.69. The molecule has 1 atom stereocenters. The number of hydrogen-bond donors (Lipinski definition) is 2. The first kappa shape index (κ1) is 18.4. The van der Waals surface area contributed by atoms with Gasteiger partial charge in [-0.3, -0.25) is 14.8 Å². The number of nitrogens with two attached hydrogens (primary N) is 1. The normalized spacial score (nSPS) is 19.3. The summed E-state index contributed by atoms with van der Waals surface area (Å²) in [4.78, 5) is 25.6. The van der Waals surface area contributed by atoms with Crippen molar-refractivity contribution in [2.24, 2.45) is 10.7 Å². The summed E-state index contributed by atoms with van der Waals surface area (Å²) >= 11 is 1.45. The lowest BCUT2D eigenvalue weighted by molar-refractivity contribution is 0.102.